The number of nitrogens with zero attached hydrogens (tertiary/aromatic N) is 2. The number of benzene rings is 1. The van der Waals surface area contributed by atoms with Gasteiger partial charge in [-0.1, -0.05) is 11.2 Å². The van der Waals surface area contributed by atoms with Crippen molar-refractivity contribution >= 4 is 31.6 Å². The van der Waals surface area contributed by atoms with Gasteiger partial charge in [0.1, 0.15) is 4.90 Å². The summed E-state index contributed by atoms with van der Waals surface area (Å²) in [6, 6.07) is 5.39. The molecule has 0 aliphatic heterocycles. The summed E-state index contributed by atoms with van der Waals surface area (Å²) in [5, 5.41) is 3.75. The lowest BCUT2D eigenvalue weighted by atomic mass is 10.2. The minimum atomic E-state index is -3.87. The molecule has 2 heterocycles. The molecule has 0 radical (unpaired) electrons. The number of aryl methyl sites for hydroxylation is 4. The fourth-order valence-corrected chi connectivity index (χ4v) is 4.91. The average Bonchev–Trinajstić information content (AvgIpc) is 3.05. The van der Waals surface area contributed by atoms with E-state index in [2.05, 4.69) is 35.8 Å². The minimum absolute atomic E-state index is 0.0983. The molecule has 2 aromatic heterocycles. The van der Waals surface area contributed by atoms with Crippen LogP contribution in [-0.2, 0) is 10.0 Å². The summed E-state index contributed by atoms with van der Waals surface area (Å²) < 4.78 is 34.5. The van der Waals surface area contributed by atoms with Gasteiger partial charge in [-0.25, -0.2) is 8.42 Å². The van der Waals surface area contributed by atoms with E-state index < -0.39 is 10.0 Å². The second kappa shape index (κ2) is 6.30. The molecular formula is C16H17BrN4O3S. The quantitative estimate of drug-likeness (QED) is 0.661. The van der Waals surface area contributed by atoms with Crippen LogP contribution in [0.2, 0.25) is 0 Å². The Morgan fingerprint density at radius 3 is 2.48 bits per heavy atom. The Kier molecular flexibility index (Phi) is 4.46. The molecule has 0 unspecified atom stereocenters. The molecule has 3 rings (SSSR count). The van der Waals surface area contributed by atoms with Gasteiger partial charge >= 0.3 is 0 Å². The summed E-state index contributed by atoms with van der Waals surface area (Å²) in [5.41, 5.74) is 3.00. The molecule has 9 heteroatoms. The van der Waals surface area contributed by atoms with Crippen molar-refractivity contribution in [1.82, 2.24) is 15.1 Å². The zero-order valence-electron chi connectivity index (χ0n) is 14.1. The lowest BCUT2D eigenvalue weighted by Crippen LogP contribution is -2.15. The maximum atomic E-state index is 13.0. The molecule has 0 saturated heterocycles. The van der Waals surface area contributed by atoms with Crippen LogP contribution in [0, 0.1) is 27.7 Å². The summed E-state index contributed by atoms with van der Waals surface area (Å²) in [4.78, 5) is 7.31. The summed E-state index contributed by atoms with van der Waals surface area (Å²) in [5.74, 6) is 0.605. The Bertz CT molecular complexity index is 1050. The van der Waals surface area contributed by atoms with E-state index in [1.54, 1.807) is 26.8 Å². The lowest BCUT2D eigenvalue weighted by molar-refractivity contribution is 0.424. The Morgan fingerprint density at radius 1 is 1.16 bits per heavy atom. The van der Waals surface area contributed by atoms with Gasteiger partial charge in [-0.2, -0.15) is 4.98 Å². The van der Waals surface area contributed by atoms with Crippen LogP contribution in [0.15, 0.2) is 32.1 Å². The highest BCUT2D eigenvalue weighted by atomic mass is 79.9. The first-order valence-corrected chi connectivity index (χ1v) is 9.75. The number of aromatic nitrogens is 3. The number of rotatable bonds is 4. The van der Waals surface area contributed by atoms with E-state index >= 15 is 0 Å². The third-order valence-corrected chi connectivity index (χ3v) is 5.89. The summed E-state index contributed by atoms with van der Waals surface area (Å²) in [7, 11) is -3.87. The lowest BCUT2D eigenvalue weighted by Gasteiger charge is -2.11. The SMILES string of the molecule is Cc1ccc(NS(=O)(=O)c2c(C)[nH]c(C)c2-c2nc(C)no2)c(Br)c1. The van der Waals surface area contributed by atoms with Crippen LogP contribution in [0.25, 0.3) is 11.5 Å². The molecule has 7 nitrogen and oxygen atoms in total. The van der Waals surface area contributed by atoms with Gasteiger partial charge in [0, 0.05) is 15.9 Å². The maximum absolute atomic E-state index is 13.0. The zero-order chi connectivity index (χ0) is 18.4. The Morgan fingerprint density at radius 2 is 1.88 bits per heavy atom. The number of hydrogen-bond donors (Lipinski definition) is 2. The first-order chi connectivity index (χ1) is 11.7. The largest absolute Gasteiger partial charge is 0.361 e. The van der Waals surface area contributed by atoms with E-state index in [1.165, 1.54) is 0 Å². The van der Waals surface area contributed by atoms with Crippen LogP contribution in [0.3, 0.4) is 0 Å². The van der Waals surface area contributed by atoms with Crippen molar-refractivity contribution in [3.8, 4) is 11.5 Å². The van der Waals surface area contributed by atoms with E-state index in [4.69, 9.17) is 4.52 Å². The number of sulfonamides is 1. The number of H-pyrrole nitrogens is 1. The van der Waals surface area contributed by atoms with Crippen molar-refractivity contribution in [2.24, 2.45) is 0 Å². The summed E-state index contributed by atoms with van der Waals surface area (Å²) >= 11 is 3.39. The van der Waals surface area contributed by atoms with Crippen molar-refractivity contribution in [1.29, 1.82) is 0 Å². The van der Waals surface area contributed by atoms with Gasteiger partial charge < -0.3 is 9.51 Å². The zero-order valence-corrected chi connectivity index (χ0v) is 16.5. The number of nitrogens with one attached hydrogen (secondary N) is 2. The fourth-order valence-electron chi connectivity index (χ4n) is 2.65. The van der Waals surface area contributed by atoms with Crippen molar-refractivity contribution in [2.45, 2.75) is 32.6 Å². The van der Waals surface area contributed by atoms with E-state index in [0.29, 0.717) is 32.9 Å². The van der Waals surface area contributed by atoms with Gasteiger partial charge in [0.15, 0.2) is 5.82 Å². The van der Waals surface area contributed by atoms with Crippen molar-refractivity contribution in [2.75, 3.05) is 4.72 Å². The third-order valence-electron chi connectivity index (χ3n) is 3.70. The molecule has 0 atom stereocenters. The van der Waals surface area contributed by atoms with Gasteiger partial charge in [0.05, 0.1) is 11.3 Å². The van der Waals surface area contributed by atoms with Gasteiger partial charge in [-0.3, -0.25) is 4.72 Å². The summed E-state index contributed by atoms with van der Waals surface area (Å²) in [6.07, 6.45) is 0. The predicted molar refractivity (Wildman–Crippen MR) is 98.0 cm³/mol. The smallest absolute Gasteiger partial charge is 0.264 e. The number of aromatic amines is 1. The van der Waals surface area contributed by atoms with E-state index in [9.17, 15) is 8.42 Å². The van der Waals surface area contributed by atoms with E-state index in [0.717, 1.165) is 5.56 Å². The Hall–Kier alpha value is -2.13. The van der Waals surface area contributed by atoms with E-state index in [-0.39, 0.29) is 10.8 Å². The van der Waals surface area contributed by atoms with Gasteiger partial charge in [0.25, 0.3) is 15.9 Å². The molecule has 0 saturated carbocycles. The fraction of sp³-hybridized carbons (Fsp3) is 0.250. The third kappa shape index (κ3) is 3.34. The van der Waals surface area contributed by atoms with Gasteiger partial charge in [0.2, 0.25) is 0 Å². The number of hydrogen-bond acceptors (Lipinski definition) is 5. The first kappa shape index (κ1) is 17.7. The number of anilines is 1. The van der Waals surface area contributed by atoms with Crippen LogP contribution < -0.4 is 4.72 Å². The number of halogens is 1. The first-order valence-electron chi connectivity index (χ1n) is 7.48. The highest BCUT2D eigenvalue weighted by Gasteiger charge is 2.29. The molecule has 0 amide bonds. The van der Waals surface area contributed by atoms with Crippen molar-refractivity contribution in [3.05, 3.63) is 45.4 Å². The average molecular weight is 425 g/mol. The van der Waals surface area contributed by atoms with Crippen molar-refractivity contribution < 1.29 is 12.9 Å². The van der Waals surface area contributed by atoms with E-state index in [1.807, 2.05) is 19.1 Å². The predicted octanol–water partition coefficient (Wildman–Crippen LogP) is 3.86. The molecular weight excluding hydrogens is 408 g/mol. The normalized spacial score (nSPS) is 11.7. The molecule has 0 aliphatic rings. The maximum Gasteiger partial charge on any atom is 0.264 e. The van der Waals surface area contributed by atoms with Crippen LogP contribution >= 0.6 is 15.9 Å². The van der Waals surface area contributed by atoms with Gasteiger partial charge in [-0.15, -0.1) is 0 Å². The topological polar surface area (TPSA) is 101 Å². The Balaban J connectivity index is 2.12. The highest BCUT2D eigenvalue weighted by molar-refractivity contribution is 9.10. The standard InChI is InChI=1S/C16H17BrN4O3S/c1-8-5-6-13(12(17)7-8)21-25(22,23)15-10(3)18-9(2)14(15)16-19-11(4)20-24-16/h5-7,18,21H,1-4H3. The second-order valence-electron chi connectivity index (χ2n) is 5.81. The molecule has 0 fully saturated rings. The minimum Gasteiger partial charge on any atom is -0.361 e. The second-order valence-corrected chi connectivity index (χ2v) is 8.29. The van der Waals surface area contributed by atoms with Crippen LogP contribution in [0.1, 0.15) is 22.8 Å². The molecule has 132 valence electrons. The van der Waals surface area contributed by atoms with Crippen LogP contribution in [-0.4, -0.2) is 23.5 Å². The highest BCUT2D eigenvalue weighted by Crippen LogP contribution is 2.34. The molecule has 3 aromatic rings. The summed E-state index contributed by atoms with van der Waals surface area (Å²) in [6.45, 7) is 7.07. The molecule has 0 bridgehead atoms. The Labute approximate surface area is 154 Å². The molecule has 0 spiro atoms. The molecule has 2 N–H and O–H groups in total. The van der Waals surface area contributed by atoms with Crippen molar-refractivity contribution in [3.63, 3.8) is 0 Å². The molecule has 25 heavy (non-hydrogen) atoms. The van der Waals surface area contributed by atoms with Crippen LogP contribution in [0.4, 0.5) is 5.69 Å². The van der Waals surface area contributed by atoms with Gasteiger partial charge in [-0.05, 0) is 61.3 Å². The van der Waals surface area contributed by atoms with Crippen LogP contribution in [0.5, 0.6) is 0 Å². The molecule has 0 aliphatic carbocycles. The molecule has 1 aromatic carbocycles. The monoisotopic (exact) mass is 424 g/mol.